The number of alkyl halides is 1. The Hall–Kier alpha value is -1.03. The van der Waals surface area contributed by atoms with E-state index in [0.717, 1.165) is 0 Å². The highest BCUT2D eigenvalue weighted by Crippen LogP contribution is 1.97. The van der Waals surface area contributed by atoms with E-state index in [9.17, 15) is 9.59 Å². The van der Waals surface area contributed by atoms with Gasteiger partial charge in [-0.25, -0.2) is 0 Å². The molecule has 0 aliphatic rings. The van der Waals surface area contributed by atoms with Crippen LogP contribution in [-0.2, 0) is 14.3 Å². The van der Waals surface area contributed by atoms with Crippen molar-refractivity contribution in [1.82, 2.24) is 4.90 Å². The molecule has 0 saturated carbocycles. The number of carbonyl (C=O) groups excluding carboxylic acids is 2. The number of carbonyl (C=O) groups is 2. The minimum absolute atomic E-state index is 0.0845. The first-order chi connectivity index (χ1) is 7.54. The van der Waals surface area contributed by atoms with Gasteiger partial charge in [-0.3, -0.25) is 9.59 Å². The van der Waals surface area contributed by atoms with Crippen LogP contribution in [0.5, 0.6) is 0 Å². The number of nitrogens with zero attached hydrogens (tertiary/aromatic N) is 1. The van der Waals surface area contributed by atoms with E-state index < -0.39 is 12.1 Å². The largest absolute Gasteiger partial charge is 0.458 e. The highest BCUT2D eigenvalue weighted by Gasteiger charge is 2.08. The predicted octanol–water partition coefficient (Wildman–Crippen LogP) is 1.58. The molecule has 0 aliphatic heterocycles. The summed E-state index contributed by atoms with van der Waals surface area (Å²) in [7, 11) is 0. The first-order valence-electron chi connectivity index (χ1n) is 5.27. The van der Waals surface area contributed by atoms with E-state index in [1.807, 2.05) is 13.8 Å². The molecule has 0 aromatic carbocycles. The number of hydrogen-bond acceptors (Lipinski definition) is 3. The second-order valence-electron chi connectivity index (χ2n) is 3.20. The van der Waals surface area contributed by atoms with E-state index in [1.54, 1.807) is 17.9 Å². The number of esters is 1. The first kappa shape index (κ1) is 15.0. The van der Waals surface area contributed by atoms with E-state index in [1.165, 1.54) is 6.08 Å². The van der Waals surface area contributed by atoms with Crippen LogP contribution in [0.1, 0.15) is 20.8 Å². The highest BCUT2D eigenvalue weighted by atomic mass is 35.5. The van der Waals surface area contributed by atoms with Crippen molar-refractivity contribution in [3.8, 4) is 0 Å². The molecule has 0 aromatic heterocycles. The molecule has 0 radical (unpaired) electrons. The van der Waals surface area contributed by atoms with Gasteiger partial charge in [0.05, 0.1) is 0 Å². The Labute approximate surface area is 101 Å². The van der Waals surface area contributed by atoms with E-state index in [-0.39, 0.29) is 11.8 Å². The van der Waals surface area contributed by atoms with E-state index in [2.05, 4.69) is 0 Å². The SMILES string of the molecule is CCN(CC)C(=O)/C=C/C(C)OC(=O)CCl. The molecule has 0 heterocycles. The third-order valence-electron chi connectivity index (χ3n) is 2.01. The Morgan fingerprint density at radius 1 is 1.38 bits per heavy atom. The van der Waals surface area contributed by atoms with Gasteiger partial charge in [0.25, 0.3) is 0 Å². The fourth-order valence-electron chi connectivity index (χ4n) is 1.14. The van der Waals surface area contributed by atoms with Crippen molar-refractivity contribution in [3.63, 3.8) is 0 Å². The van der Waals surface area contributed by atoms with Crippen LogP contribution in [0.15, 0.2) is 12.2 Å². The van der Waals surface area contributed by atoms with Crippen LogP contribution in [0.3, 0.4) is 0 Å². The van der Waals surface area contributed by atoms with Crippen molar-refractivity contribution in [1.29, 1.82) is 0 Å². The van der Waals surface area contributed by atoms with Crippen molar-refractivity contribution in [2.24, 2.45) is 0 Å². The van der Waals surface area contributed by atoms with Crippen molar-refractivity contribution in [2.45, 2.75) is 26.9 Å². The number of amides is 1. The number of ether oxygens (including phenoxy) is 1. The van der Waals surface area contributed by atoms with Gasteiger partial charge in [0.1, 0.15) is 12.0 Å². The van der Waals surface area contributed by atoms with Crippen LogP contribution in [0, 0.1) is 0 Å². The van der Waals surface area contributed by atoms with Crippen LogP contribution < -0.4 is 0 Å². The lowest BCUT2D eigenvalue weighted by Gasteiger charge is -2.16. The molecule has 0 aliphatic carbocycles. The van der Waals surface area contributed by atoms with Crippen molar-refractivity contribution in [3.05, 3.63) is 12.2 Å². The minimum Gasteiger partial charge on any atom is -0.458 e. The quantitative estimate of drug-likeness (QED) is 0.407. The Balaban J connectivity index is 4.16. The van der Waals surface area contributed by atoms with E-state index >= 15 is 0 Å². The zero-order chi connectivity index (χ0) is 12.6. The summed E-state index contributed by atoms with van der Waals surface area (Å²) in [5.74, 6) is -0.754. The Morgan fingerprint density at radius 2 is 1.94 bits per heavy atom. The molecule has 5 heteroatoms. The number of rotatable bonds is 6. The average Bonchev–Trinajstić information content (AvgIpc) is 2.27. The lowest BCUT2D eigenvalue weighted by Crippen LogP contribution is -2.29. The smallest absolute Gasteiger partial charge is 0.321 e. The molecule has 1 atom stereocenters. The molecule has 16 heavy (non-hydrogen) atoms. The van der Waals surface area contributed by atoms with Crippen LogP contribution in [0.4, 0.5) is 0 Å². The van der Waals surface area contributed by atoms with E-state index in [4.69, 9.17) is 16.3 Å². The van der Waals surface area contributed by atoms with Gasteiger partial charge in [-0.15, -0.1) is 11.6 Å². The van der Waals surface area contributed by atoms with Crippen LogP contribution in [-0.4, -0.2) is 41.8 Å². The zero-order valence-electron chi connectivity index (χ0n) is 9.90. The first-order valence-corrected chi connectivity index (χ1v) is 5.81. The number of likely N-dealkylation sites (N-methyl/N-ethyl adjacent to an activating group) is 1. The molecule has 4 nitrogen and oxygen atoms in total. The molecule has 0 aromatic rings. The molecule has 0 spiro atoms. The summed E-state index contributed by atoms with van der Waals surface area (Å²) in [6.45, 7) is 6.82. The molecule has 0 bridgehead atoms. The van der Waals surface area contributed by atoms with E-state index in [0.29, 0.717) is 13.1 Å². The van der Waals surface area contributed by atoms with Gasteiger partial charge < -0.3 is 9.64 Å². The molecule has 0 fully saturated rings. The second kappa shape index (κ2) is 8.16. The maximum absolute atomic E-state index is 11.5. The summed E-state index contributed by atoms with van der Waals surface area (Å²) < 4.78 is 4.87. The molecule has 1 amide bonds. The van der Waals surface area contributed by atoms with Crippen molar-refractivity contribution < 1.29 is 14.3 Å². The van der Waals surface area contributed by atoms with Gasteiger partial charge in [0, 0.05) is 19.2 Å². The molecular formula is C11H18ClNO3. The Morgan fingerprint density at radius 3 is 2.38 bits per heavy atom. The summed E-state index contributed by atoms with van der Waals surface area (Å²) in [5, 5.41) is 0. The van der Waals surface area contributed by atoms with Crippen LogP contribution in [0.2, 0.25) is 0 Å². The standard InChI is InChI=1S/C11H18ClNO3/c1-4-13(5-2)10(14)7-6-9(3)16-11(15)8-12/h6-7,9H,4-5,8H2,1-3H3/b7-6+. The van der Waals surface area contributed by atoms with Gasteiger partial charge in [-0.1, -0.05) is 0 Å². The fraction of sp³-hybridized carbons (Fsp3) is 0.636. The van der Waals surface area contributed by atoms with Crippen molar-refractivity contribution >= 4 is 23.5 Å². The second-order valence-corrected chi connectivity index (χ2v) is 3.47. The number of hydrogen-bond donors (Lipinski definition) is 0. The normalized spacial score (nSPS) is 12.5. The maximum Gasteiger partial charge on any atom is 0.321 e. The van der Waals surface area contributed by atoms with Crippen LogP contribution >= 0.6 is 11.6 Å². The zero-order valence-corrected chi connectivity index (χ0v) is 10.7. The maximum atomic E-state index is 11.5. The minimum atomic E-state index is -0.492. The summed E-state index contributed by atoms with van der Waals surface area (Å²) in [6, 6.07) is 0. The highest BCUT2D eigenvalue weighted by molar-refractivity contribution is 6.26. The topological polar surface area (TPSA) is 46.6 Å². The summed E-state index contributed by atoms with van der Waals surface area (Å²) in [6.07, 6.45) is 2.52. The molecule has 1 unspecified atom stereocenters. The van der Waals surface area contributed by atoms with Gasteiger partial charge in [-0.05, 0) is 26.8 Å². The van der Waals surface area contributed by atoms with Gasteiger partial charge in [0.15, 0.2) is 0 Å². The molecule has 0 rings (SSSR count). The number of halogens is 1. The van der Waals surface area contributed by atoms with Gasteiger partial charge in [-0.2, -0.15) is 0 Å². The van der Waals surface area contributed by atoms with Gasteiger partial charge in [0.2, 0.25) is 5.91 Å². The molecule has 0 N–H and O–H groups in total. The monoisotopic (exact) mass is 247 g/mol. The molecule has 92 valence electrons. The third-order valence-corrected chi connectivity index (χ3v) is 2.23. The summed E-state index contributed by atoms with van der Waals surface area (Å²) in [5.41, 5.74) is 0. The third kappa shape index (κ3) is 5.75. The lowest BCUT2D eigenvalue weighted by atomic mass is 10.3. The predicted molar refractivity (Wildman–Crippen MR) is 63.3 cm³/mol. The Bertz CT molecular complexity index is 262. The van der Waals surface area contributed by atoms with Crippen molar-refractivity contribution in [2.75, 3.05) is 19.0 Å². The molecule has 0 saturated heterocycles. The Kier molecular flexibility index (Phi) is 7.64. The summed E-state index contributed by atoms with van der Waals surface area (Å²) >= 11 is 5.28. The molecular weight excluding hydrogens is 230 g/mol. The lowest BCUT2D eigenvalue weighted by molar-refractivity contribution is -0.143. The fourth-order valence-corrected chi connectivity index (χ4v) is 1.20. The van der Waals surface area contributed by atoms with Crippen LogP contribution in [0.25, 0.3) is 0 Å². The summed E-state index contributed by atoms with van der Waals surface area (Å²) in [4.78, 5) is 24.0. The van der Waals surface area contributed by atoms with Gasteiger partial charge >= 0.3 is 5.97 Å². The average molecular weight is 248 g/mol.